The van der Waals surface area contributed by atoms with Crippen LogP contribution in [0.1, 0.15) is 35.6 Å². The predicted molar refractivity (Wildman–Crippen MR) is 229 cm³/mol. The van der Waals surface area contributed by atoms with Crippen LogP contribution < -0.4 is 4.90 Å². The molecule has 0 unspecified atom stereocenters. The summed E-state index contributed by atoms with van der Waals surface area (Å²) in [5.74, 6) is -0.608. The van der Waals surface area contributed by atoms with E-state index in [0.717, 1.165) is 53.4 Å². The zero-order chi connectivity index (χ0) is 59.2. The Morgan fingerprint density at radius 3 is 2.07 bits per heavy atom. The molecule has 8 aromatic carbocycles. The fraction of sp³-hybridized carbons (Fsp3) is 0. The van der Waals surface area contributed by atoms with Gasteiger partial charge in [0.15, 0.2) is 5.82 Å². The summed E-state index contributed by atoms with van der Waals surface area (Å²) in [4.78, 5) is 14.6. The first-order valence-electron chi connectivity index (χ1n) is 29.4. The average Bonchev–Trinajstić information content (AvgIpc) is 3.54. The van der Waals surface area contributed by atoms with E-state index in [1.165, 1.54) is 0 Å². The molecule has 0 aliphatic rings. The van der Waals surface area contributed by atoms with E-state index in [1.807, 2.05) is 0 Å². The van der Waals surface area contributed by atoms with E-state index >= 15 is 0 Å². The van der Waals surface area contributed by atoms with Gasteiger partial charge >= 0.3 is 0 Å². The number of aromatic nitrogens is 3. The van der Waals surface area contributed by atoms with Gasteiger partial charge in [0.1, 0.15) is 0 Å². The van der Waals surface area contributed by atoms with E-state index < -0.39 is 234 Å². The molecule has 2 aromatic heterocycles. The van der Waals surface area contributed by atoms with E-state index in [2.05, 4.69) is 15.0 Å². The maximum Gasteiger partial charge on any atom is 0.160 e. The molecule has 4 heteroatoms. The summed E-state index contributed by atoms with van der Waals surface area (Å²) < 4.78 is 232. The van der Waals surface area contributed by atoms with Crippen LogP contribution in [-0.4, -0.2) is 15.0 Å². The first-order valence-corrected chi connectivity index (χ1v) is 16.4. The molecule has 10 rings (SSSR count). The van der Waals surface area contributed by atoms with Crippen molar-refractivity contribution in [3.05, 3.63) is 206 Å². The van der Waals surface area contributed by atoms with Crippen LogP contribution in [0.4, 0.5) is 17.1 Å². The minimum absolute atomic E-state index is 0.252. The number of hydrogen-bond acceptors (Lipinski definition) is 4. The van der Waals surface area contributed by atoms with Gasteiger partial charge in [-0.25, -0.2) is 15.0 Å². The number of pyridine rings is 1. The summed E-state index contributed by atoms with van der Waals surface area (Å²) in [7, 11) is 0. The van der Waals surface area contributed by atoms with Crippen LogP contribution >= 0.6 is 0 Å². The van der Waals surface area contributed by atoms with Crippen molar-refractivity contribution in [1.82, 2.24) is 15.0 Å². The SMILES string of the molecule is [2H]c1cc([2H])c(-c2nc(-c3cc(-c4nc5c([2H])c([2H])c([2H])c([2H])c5c5c4c([2H])c([2H])c4c([2H])cc([2H])c(N(c6cc([2H])c([2H])cc6[2H])c6cc([2H])c([2H])c([2H])c6[2H])c45)c([2H])c([2H])c3[2H])nc(-c3c([2H])cc([2H])c([2H])c3[2H])c2[2H])cc1[2H]. The molecular formula is C51H34N4. The van der Waals surface area contributed by atoms with Crippen LogP contribution in [-0.2, 0) is 0 Å². The molecule has 0 aliphatic heterocycles. The van der Waals surface area contributed by atoms with Crippen LogP contribution in [0.2, 0.25) is 0 Å². The molecule has 55 heavy (non-hydrogen) atoms. The van der Waals surface area contributed by atoms with Gasteiger partial charge in [0.2, 0.25) is 0 Å². The van der Waals surface area contributed by atoms with E-state index in [0.29, 0.717) is 0 Å². The lowest BCUT2D eigenvalue weighted by atomic mass is 9.93. The fourth-order valence-electron chi connectivity index (χ4n) is 6.08. The predicted octanol–water partition coefficient (Wildman–Crippen LogP) is 13.5. The third-order valence-corrected chi connectivity index (χ3v) is 8.42. The normalized spacial score (nSPS) is 17.9. The minimum Gasteiger partial charge on any atom is -0.310 e. The van der Waals surface area contributed by atoms with Gasteiger partial charge in [-0.15, -0.1) is 0 Å². The van der Waals surface area contributed by atoms with Crippen LogP contribution in [0.3, 0.4) is 0 Å². The fourth-order valence-corrected chi connectivity index (χ4v) is 6.08. The second-order valence-electron chi connectivity index (χ2n) is 11.6. The summed E-state index contributed by atoms with van der Waals surface area (Å²) >= 11 is 0. The van der Waals surface area contributed by atoms with Crippen LogP contribution in [0.25, 0.3) is 77.6 Å². The molecule has 0 saturated carbocycles. The number of nitrogens with zero attached hydrogens (tertiary/aromatic N) is 4. The lowest BCUT2D eigenvalue weighted by Gasteiger charge is -2.27. The van der Waals surface area contributed by atoms with Crippen molar-refractivity contribution in [3.63, 3.8) is 0 Å². The smallest absolute Gasteiger partial charge is 0.160 e. The largest absolute Gasteiger partial charge is 0.310 e. The molecule has 10 aromatic rings. The highest BCUT2D eigenvalue weighted by Crippen LogP contribution is 2.45. The molecule has 0 saturated heterocycles. The molecule has 4 nitrogen and oxygen atoms in total. The van der Waals surface area contributed by atoms with E-state index in [4.69, 9.17) is 21.9 Å². The second kappa shape index (κ2) is 13.8. The Bertz CT molecular complexity index is 4510. The maximum atomic E-state index is 9.75. The van der Waals surface area contributed by atoms with E-state index in [1.54, 1.807) is 0 Å². The lowest BCUT2D eigenvalue weighted by Crippen LogP contribution is -2.10. The van der Waals surface area contributed by atoms with E-state index in [-0.39, 0.29) is 17.3 Å². The first-order chi connectivity index (χ1) is 38.0. The van der Waals surface area contributed by atoms with Crippen molar-refractivity contribution >= 4 is 49.5 Å². The molecule has 0 N–H and O–H groups in total. The molecule has 0 spiro atoms. The molecule has 0 bridgehead atoms. The lowest BCUT2D eigenvalue weighted by molar-refractivity contribution is 1.18. The van der Waals surface area contributed by atoms with Crippen molar-refractivity contribution < 1.29 is 35.6 Å². The quantitative estimate of drug-likeness (QED) is 0.153. The van der Waals surface area contributed by atoms with Crippen LogP contribution in [0.15, 0.2) is 206 Å². The van der Waals surface area contributed by atoms with Gasteiger partial charge < -0.3 is 4.90 Å². The third kappa shape index (κ3) is 5.96. The number of para-hydroxylation sites is 3. The first kappa shape index (κ1) is 15.1. The second-order valence-corrected chi connectivity index (χ2v) is 11.6. The Kier molecular flexibility index (Phi) is 3.81. The summed E-state index contributed by atoms with van der Waals surface area (Å²) in [5, 5.41) is -2.48. The number of benzene rings is 8. The van der Waals surface area contributed by atoms with Gasteiger partial charge in [0.05, 0.1) is 63.9 Å². The van der Waals surface area contributed by atoms with E-state index in [9.17, 15) is 13.7 Å². The van der Waals surface area contributed by atoms with Crippen molar-refractivity contribution in [2.45, 2.75) is 0 Å². The summed E-state index contributed by atoms with van der Waals surface area (Å²) in [6.07, 6.45) is 0. The summed E-state index contributed by atoms with van der Waals surface area (Å²) in [6.45, 7) is 0. The molecule has 0 atom stereocenters. The van der Waals surface area contributed by atoms with Gasteiger partial charge in [-0.05, 0) is 53.8 Å². The highest BCUT2D eigenvalue weighted by molar-refractivity contribution is 6.26. The molecule has 0 radical (unpaired) electrons. The van der Waals surface area contributed by atoms with Gasteiger partial charge in [0.25, 0.3) is 0 Å². The Balaban J connectivity index is 1.43. The zero-order valence-corrected chi connectivity index (χ0v) is 27.9. The number of fused-ring (bicyclic) bond motifs is 5. The number of anilines is 3. The number of rotatable bonds is 7. The van der Waals surface area contributed by atoms with Gasteiger partial charge in [-0.2, -0.15) is 0 Å². The minimum atomic E-state index is -0.908. The Morgan fingerprint density at radius 1 is 0.436 bits per heavy atom. The highest BCUT2D eigenvalue weighted by Gasteiger charge is 2.20. The standard InChI is InChI=1S/C51H34N4/c1-5-17-35(18-6-1)45-34-46(36-19-7-2-8-20-36)54-51(53-45)39-23-15-22-38(33-39)50-43-32-31-37-21-16-30-47(48(37)49(43)42-28-13-14-29-44(42)52-50)55(40-24-9-3-10-25-40)41-26-11-4-12-27-41/h1-34H/i1D,2D,3D,4D,5D,7D,9D,10D,11D,13D,14D,15D,17D,18D,20D,21D,22D,23D,24D,27D,28D,29D,30D,31D,32D,34D. The van der Waals surface area contributed by atoms with Gasteiger partial charge in [-0.1, -0.05) is 157 Å². The summed E-state index contributed by atoms with van der Waals surface area (Å²) in [6, 6.07) is -9.80. The molecule has 0 aliphatic carbocycles. The topological polar surface area (TPSA) is 41.9 Å². The highest BCUT2D eigenvalue weighted by atomic mass is 15.1. The van der Waals surface area contributed by atoms with Gasteiger partial charge in [-0.3, -0.25) is 0 Å². The van der Waals surface area contributed by atoms with Crippen molar-refractivity contribution in [3.8, 4) is 45.2 Å². The molecule has 2 heterocycles. The van der Waals surface area contributed by atoms with Gasteiger partial charge in [0, 0.05) is 55.2 Å². The average molecular weight is 729 g/mol. The Morgan fingerprint density at radius 2 is 1.15 bits per heavy atom. The monoisotopic (exact) mass is 728 g/mol. The summed E-state index contributed by atoms with van der Waals surface area (Å²) in [5.41, 5.74) is -5.37. The van der Waals surface area contributed by atoms with Crippen LogP contribution in [0.5, 0.6) is 0 Å². The van der Waals surface area contributed by atoms with Crippen molar-refractivity contribution in [2.24, 2.45) is 0 Å². The maximum absolute atomic E-state index is 9.75. The van der Waals surface area contributed by atoms with Crippen LogP contribution in [0, 0.1) is 0 Å². The third-order valence-electron chi connectivity index (χ3n) is 8.42. The Labute approximate surface area is 356 Å². The zero-order valence-electron chi connectivity index (χ0n) is 53.9. The number of hydrogen-bond donors (Lipinski definition) is 0. The molecular weight excluding hydrogens is 669 g/mol. The Hall–Kier alpha value is -7.43. The van der Waals surface area contributed by atoms with Crippen molar-refractivity contribution in [1.29, 1.82) is 0 Å². The van der Waals surface area contributed by atoms with Crippen molar-refractivity contribution in [2.75, 3.05) is 4.90 Å². The molecule has 258 valence electrons. The molecule has 0 fully saturated rings. The molecule has 0 amide bonds.